The lowest BCUT2D eigenvalue weighted by Crippen LogP contribution is -2.20. The van der Waals surface area contributed by atoms with Gasteiger partial charge in [-0.2, -0.15) is 0 Å². The Morgan fingerprint density at radius 3 is 2.22 bits per heavy atom. The van der Waals surface area contributed by atoms with Gasteiger partial charge in [0.25, 0.3) is 11.8 Å². The van der Waals surface area contributed by atoms with E-state index >= 15 is 0 Å². The molecule has 0 saturated heterocycles. The molecule has 0 aliphatic rings. The van der Waals surface area contributed by atoms with E-state index in [0.717, 1.165) is 0 Å². The summed E-state index contributed by atoms with van der Waals surface area (Å²) in [4.78, 5) is 23.4. The molecule has 0 fully saturated rings. The van der Waals surface area contributed by atoms with E-state index in [1.807, 2.05) is 0 Å². The van der Waals surface area contributed by atoms with Crippen LogP contribution < -0.4 is 30.0 Å². The van der Waals surface area contributed by atoms with Gasteiger partial charge in [-0.15, -0.1) is 0 Å². The number of hydrogen-bond donors (Lipinski definition) is 2. The number of amides is 2. The molecule has 0 aliphatic carbocycles. The Morgan fingerprint density at radius 1 is 0.963 bits per heavy atom. The maximum Gasteiger partial charge on any atom is 0.255 e. The van der Waals surface area contributed by atoms with Crippen LogP contribution in [0.25, 0.3) is 0 Å². The van der Waals surface area contributed by atoms with Crippen LogP contribution in [0.5, 0.6) is 23.0 Å². The number of hydrogen-bond acceptors (Lipinski definition) is 6. The third-order valence-corrected chi connectivity index (χ3v) is 3.81. The molecule has 144 valence electrons. The van der Waals surface area contributed by atoms with Crippen molar-refractivity contribution in [3.63, 3.8) is 0 Å². The number of carbonyl (C=O) groups excluding carboxylic acids is 2. The Bertz CT molecular complexity index is 856. The summed E-state index contributed by atoms with van der Waals surface area (Å²) in [5.41, 5.74) is 5.74. The zero-order valence-corrected chi connectivity index (χ0v) is 15.8. The Kier molecular flexibility index (Phi) is 6.73. The minimum Gasteiger partial charge on any atom is -0.495 e. The van der Waals surface area contributed by atoms with Gasteiger partial charge in [-0.3, -0.25) is 9.59 Å². The van der Waals surface area contributed by atoms with E-state index < -0.39 is 11.8 Å². The summed E-state index contributed by atoms with van der Waals surface area (Å²) in [6, 6.07) is 7.60. The molecule has 0 heterocycles. The van der Waals surface area contributed by atoms with Crippen LogP contribution in [0.4, 0.5) is 5.69 Å². The van der Waals surface area contributed by atoms with Gasteiger partial charge in [-0.1, -0.05) is 11.6 Å². The number of anilines is 1. The lowest BCUT2D eigenvalue weighted by molar-refractivity contribution is -0.119. The second-order valence-electron chi connectivity index (χ2n) is 5.26. The smallest absolute Gasteiger partial charge is 0.255 e. The molecule has 27 heavy (non-hydrogen) atoms. The summed E-state index contributed by atoms with van der Waals surface area (Å²) < 4.78 is 20.8. The number of nitrogens with one attached hydrogen (secondary N) is 1. The second kappa shape index (κ2) is 9.00. The number of nitrogens with two attached hydrogens (primary N) is 1. The lowest BCUT2D eigenvalue weighted by atomic mass is 10.1. The molecule has 8 nitrogen and oxygen atoms in total. The summed E-state index contributed by atoms with van der Waals surface area (Å²) in [5.74, 6) is 0.297. The van der Waals surface area contributed by atoms with E-state index in [1.54, 1.807) is 6.07 Å². The Hall–Kier alpha value is -3.13. The summed E-state index contributed by atoms with van der Waals surface area (Å²) in [5, 5.41) is 3.08. The van der Waals surface area contributed by atoms with Crippen LogP contribution in [-0.2, 0) is 4.79 Å². The van der Waals surface area contributed by atoms with Gasteiger partial charge in [0.1, 0.15) is 11.5 Å². The predicted octanol–water partition coefficient (Wildman–Crippen LogP) is 2.48. The molecular weight excluding hydrogens is 376 g/mol. The molecule has 2 aromatic rings. The maximum atomic E-state index is 12.6. The van der Waals surface area contributed by atoms with Gasteiger partial charge in [-0.25, -0.2) is 0 Å². The Balaban J connectivity index is 2.27. The van der Waals surface area contributed by atoms with Crippen molar-refractivity contribution in [2.45, 2.75) is 0 Å². The van der Waals surface area contributed by atoms with Crippen molar-refractivity contribution in [1.29, 1.82) is 0 Å². The number of carbonyl (C=O) groups is 2. The molecular formula is C18H19ClN2O6. The highest BCUT2D eigenvalue weighted by Crippen LogP contribution is 2.36. The topological polar surface area (TPSA) is 109 Å². The number of benzene rings is 2. The fraction of sp³-hybridized carbons (Fsp3) is 0.222. The van der Waals surface area contributed by atoms with Gasteiger partial charge in [0, 0.05) is 17.7 Å². The highest BCUT2D eigenvalue weighted by Gasteiger charge is 2.16. The highest BCUT2D eigenvalue weighted by molar-refractivity contribution is 6.32. The molecule has 0 unspecified atom stereocenters. The summed E-state index contributed by atoms with van der Waals surface area (Å²) in [6.07, 6.45) is 0. The molecule has 2 amide bonds. The van der Waals surface area contributed by atoms with Crippen LogP contribution in [-0.4, -0.2) is 39.8 Å². The van der Waals surface area contributed by atoms with Crippen molar-refractivity contribution in [2.75, 3.05) is 33.3 Å². The van der Waals surface area contributed by atoms with Gasteiger partial charge in [0.2, 0.25) is 0 Å². The Labute approximate surface area is 161 Å². The van der Waals surface area contributed by atoms with Gasteiger partial charge >= 0.3 is 0 Å². The number of rotatable bonds is 8. The average molecular weight is 395 g/mol. The number of methoxy groups -OCH3 is 3. The van der Waals surface area contributed by atoms with E-state index in [-0.39, 0.29) is 12.4 Å². The first kappa shape index (κ1) is 20.2. The van der Waals surface area contributed by atoms with Crippen LogP contribution in [0, 0.1) is 0 Å². The Morgan fingerprint density at radius 2 is 1.63 bits per heavy atom. The van der Waals surface area contributed by atoms with E-state index in [9.17, 15) is 9.59 Å². The standard InChI is InChI=1S/C18H19ClN2O6/c1-24-14-8-12(15(25-2)7-11(14)19)21-18(23)10-4-5-13(16(6-10)26-3)27-9-17(20)22/h4-8H,9H2,1-3H3,(H2,20,22)(H,21,23). The van der Waals surface area contributed by atoms with Crippen molar-refractivity contribution in [2.24, 2.45) is 5.73 Å². The van der Waals surface area contributed by atoms with Gasteiger partial charge in [0.15, 0.2) is 18.1 Å². The number of ether oxygens (including phenoxy) is 4. The third kappa shape index (κ3) is 4.95. The first-order valence-corrected chi connectivity index (χ1v) is 8.09. The van der Waals surface area contributed by atoms with E-state index in [0.29, 0.717) is 33.5 Å². The zero-order chi connectivity index (χ0) is 20.0. The normalized spacial score (nSPS) is 10.1. The quantitative estimate of drug-likeness (QED) is 0.711. The highest BCUT2D eigenvalue weighted by atomic mass is 35.5. The van der Waals surface area contributed by atoms with Crippen LogP contribution in [0.2, 0.25) is 5.02 Å². The van der Waals surface area contributed by atoms with Crippen LogP contribution in [0.15, 0.2) is 30.3 Å². The molecule has 0 radical (unpaired) electrons. The largest absolute Gasteiger partial charge is 0.495 e. The van der Waals surface area contributed by atoms with E-state index in [1.165, 1.54) is 45.6 Å². The maximum absolute atomic E-state index is 12.6. The van der Waals surface area contributed by atoms with Crippen molar-refractivity contribution >= 4 is 29.1 Å². The minimum absolute atomic E-state index is 0.282. The summed E-state index contributed by atoms with van der Waals surface area (Å²) >= 11 is 6.06. The third-order valence-electron chi connectivity index (χ3n) is 3.52. The van der Waals surface area contributed by atoms with Crippen molar-refractivity contribution in [1.82, 2.24) is 0 Å². The van der Waals surface area contributed by atoms with Crippen molar-refractivity contribution in [3.8, 4) is 23.0 Å². The molecule has 0 aliphatic heterocycles. The van der Waals surface area contributed by atoms with Gasteiger partial charge in [-0.05, 0) is 18.2 Å². The second-order valence-corrected chi connectivity index (χ2v) is 5.67. The molecule has 0 saturated carbocycles. The monoisotopic (exact) mass is 394 g/mol. The minimum atomic E-state index is -0.623. The number of halogens is 1. The summed E-state index contributed by atoms with van der Waals surface area (Å²) in [7, 11) is 4.35. The van der Waals surface area contributed by atoms with E-state index in [4.69, 9.17) is 36.3 Å². The molecule has 0 aromatic heterocycles. The first-order valence-electron chi connectivity index (χ1n) is 7.71. The molecule has 0 bridgehead atoms. The fourth-order valence-corrected chi connectivity index (χ4v) is 2.46. The fourth-order valence-electron chi connectivity index (χ4n) is 2.23. The predicted molar refractivity (Wildman–Crippen MR) is 100 cm³/mol. The van der Waals surface area contributed by atoms with Crippen LogP contribution in [0.1, 0.15) is 10.4 Å². The SMILES string of the molecule is COc1cc(NC(=O)c2ccc(OCC(N)=O)c(OC)c2)c(OC)cc1Cl. The molecule has 0 atom stereocenters. The molecule has 0 spiro atoms. The van der Waals surface area contributed by atoms with Crippen molar-refractivity contribution in [3.05, 3.63) is 40.9 Å². The van der Waals surface area contributed by atoms with Gasteiger partial charge < -0.3 is 30.0 Å². The molecule has 3 N–H and O–H groups in total. The zero-order valence-electron chi connectivity index (χ0n) is 15.0. The summed E-state index contributed by atoms with van der Waals surface area (Å²) in [6.45, 7) is -0.302. The first-order chi connectivity index (χ1) is 12.9. The lowest BCUT2D eigenvalue weighted by Gasteiger charge is -2.14. The molecule has 2 rings (SSSR count). The van der Waals surface area contributed by atoms with E-state index in [2.05, 4.69) is 5.32 Å². The molecule has 2 aromatic carbocycles. The number of primary amides is 1. The van der Waals surface area contributed by atoms with Gasteiger partial charge in [0.05, 0.1) is 32.0 Å². The van der Waals surface area contributed by atoms with Crippen LogP contribution >= 0.6 is 11.6 Å². The average Bonchev–Trinajstić information content (AvgIpc) is 2.66. The molecule has 9 heteroatoms. The van der Waals surface area contributed by atoms with Crippen LogP contribution in [0.3, 0.4) is 0 Å². The van der Waals surface area contributed by atoms with Crippen molar-refractivity contribution < 1.29 is 28.5 Å².